The van der Waals surface area contributed by atoms with Crippen LogP contribution in [0.5, 0.6) is 5.75 Å². The Kier molecular flexibility index (Phi) is 5.48. The zero-order valence-electron chi connectivity index (χ0n) is 15.3. The highest BCUT2D eigenvalue weighted by atomic mass is 16.5. The van der Waals surface area contributed by atoms with E-state index in [9.17, 15) is 14.7 Å². The maximum absolute atomic E-state index is 13.2. The van der Waals surface area contributed by atoms with E-state index in [0.717, 1.165) is 26.1 Å². The van der Waals surface area contributed by atoms with Gasteiger partial charge in [0.05, 0.1) is 13.7 Å². The van der Waals surface area contributed by atoms with Gasteiger partial charge in [-0.05, 0) is 31.2 Å². The molecule has 0 aliphatic carbocycles. The molecule has 1 aromatic rings. The fraction of sp³-hybridized carbons (Fsp3) is 0.579. The van der Waals surface area contributed by atoms with Gasteiger partial charge >= 0.3 is 5.97 Å². The first-order valence-corrected chi connectivity index (χ1v) is 9.07. The fourth-order valence-corrected chi connectivity index (χ4v) is 3.89. The standard InChI is InChI=1S/C19H26N2O5/c1-3-9-20-10-7-19(8-11-20)21(16(13-26-19)18(23)24)17(22)14-5-4-6-15(12-14)25-2/h4-6,12,16H,3,7-11,13H2,1-2H3,(H,23,24)/t16-/m0/s1. The van der Waals surface area contributed by atoms with Crippen molar-refractivity contribution < 1.29 is 24.2 Å². The highest BCUT2D eigenvalue weighted by molar-refractivity contribution is 5.97. The first-order valence-electron chi connectivity index (χ1n) is 9.07. The summed E-state index contributed by atoms with van der Waals surface area (Å²) in [5, 5.41) is 9.62. The molecule has 2 aliphatic heterocycles. The van der Waals surface area contributed by atoms with Crippen LogP contribution in [-0.4, -0.2) is 71.9 Å². The minimum absolute atomic E-state index is 0.0266. The highest BCUT2D eigenvalue weighted by Crippen LogP contribution is 2.38. The number of aliphatic carboxylic acids is 1. The molecule has 1 spiro atoms. The van der Waals surface area contributed by atoms with Crippen LogP contribution < -0.4 is 4.74 Å². The van der Waals surface area contributed by atoms with Gasteiger partial charge in [0, 0.05) is 31.5 Å². The van der Waals surface area contributed by atoms with Gasteiger partial charge in [-0.2, -0.15) is 0 Å². The first kappa shape index (κ1) is 18.7. The van der Waals surface area contributed by atoms with Crippen LogP contribution in [0.2, 0.25) is 0 Å². The van der Waals surface area contributed by atoms with Crippen molar-refractivity contribution >= 4 is 11.9 Å². The minimum atomic E-state index is -1.03. The Morgan fingerprint density at radius 1 is 1.35 bits per heavy atom. The molecule has 1 aromatic carbocycles. The molecule has 1 amide bonds. The van der Waals surface area contributed by atoms with Crippen LogP contribution in [0.4, 0.5) is 0 Å². The van der Waals surface area contributed by atoms with Gasteiger partial charge in [0.1, 0.15) is 11.5 Å². The second-order valence-corrected chi connectivity index (χ2v) is 6.86. The van der Waals surface area contributed by atoms with Crippen LogP contribution in [0.15, 0.2) is 24.3 Å². The van der Waals surface area contributed by atoms with E-state index in [0.29, 0.717) is 24.2 Å². The van der Waals surface area contributed by atoms with E-state index in [1.54, 1.807) is 24.3 Å². The van der Waals surface area contributed by atoms with E-state index in [1.807, 2.05) is 0 Å². The number of carboxylic acids is 1. The van der Waals surface area contributed by atoms with Crippen LogP contribution in [0.3, 0.4) is 0 Å². The summed E-state index contributed by atoms with van der Waals surface area (Å²) in [5.41, 5.74) is -0.426. The van der Waals surface area contributed by atoms with Gasteiger partial charge in [-0.15, -0.1) is 0 Å². The molecular formula is C19H26N2O5. The monoisotopic (exact) mass is 362 g/mol. The zero-order valence-corrected chi connectivity index (χ0v) is 15.3. The molecule has 7 nitrogen and oxygen atoms in total. The molecule has 3 rings (SSSR count). The molecule has 2 aliphatic rings. The average molecular weight is 362 g/mol. The largest absolute Gasteiger partial charge is 0.497 e. The molecule has 0 aromatic heterocycles. The second kappa shape index (κ2) is 7.63. The molecular weight excluding hydrogens is 336 g/mol. The third kappa shape index (κ3) is 3.41. The summed E-state index contributed by atoms with van der Waals surface area (Å²) >= 11 is 0. The maximum Gasteiger partial charge on any atom is 0.328 e. The lowest BCUT2D eigenvalue weighted by Gasteiger charge is -2.44. The number of likely N-dealkylation sites (tertiary alicyclic amines) is 1. The Balaban J connectivity index is 1.88. The van der Waals surface area contributed by atoms with E-state index in [1.165, 1.54) is 12.0 Å². The van der Waals surface area contributed by atoms with Crippen LogP contribution in [0.1, 0.15) is 36.5 Å². The molecule has 2 heterocycles. The highest BCUT2D eigenvalue weighted by Gasteiger charge is 2.53. The van der Waals surface area contributed by atoms with Crippen molar-refractivity contribution in [2.24, 2.45) is 0 Å². The lowest BCUT2D eigenvalue weighted by molar-refractivity contribution is -0.143. The number of hydrogen-bond donors (Lipinski definition) is 1. The smallest absolute Gasteiger partial charge is 0.328 e. The van der Waals surface area contributed by atoms with Crippen molar-refractivity contribution in [2.45, 2.75) is 38.0 Å². The van der Waals surface area contributed by atoms with Crippen molar-refractivity contribution in [2.75, 3.05) is 33.4 Å². The molecule has 0 saturated carbocycles. The Hall–Kier alpha value is -2.12. The Bertz CT molecular complexity index is 670. The van der Waals surface area contributed by atoms with Crippen molar-refractivity contribution in [3.63, 3.8) is 0 Å². The van der Waals surface area contributed by atoms with Gasteiger partial charge in [0.25, 0.3) is 5.91 Å². The van der Waals surface area contributed by atoms with Gasteiger partial charge in [-0.3, -0.25) is 9.69 Å². The number of rotatable bonds is 5. The van der Waals surface area contributed by atoms with Crippen LogP contribution in [0.25, 0.3) is 0 Å². The van der Waals surface area contributed by atoms with Crippen LogP contribution >= 0.6 is 0 Å². The second-order valence-electron chi connectivity index (χ2n) is 6.86. The Labute approximate surface area is 153 Å². The summed E-state index contributed by atoms with van der Waals surface area (Å²) in [7, 11) is 1.54. The van der Waals surface area contributed by atoms with E-state index in [-0.39, 0.29) is 12.5 Å². The summed E-state index contributed by atoms with van der Waals surface area (Å²) < 4.78 is 11.2. The minimum Gasteiger partial charge on any atom is -0.497 e. The average Bonchev–Trinajstić information content (AvgIpc) is 3.02. The van der Waals surface area contributed by atoms with E-state index in [4.69, 9.17) is 9.47 Å². The molecule has 2 saturated heterocycles. The van der Waals surface area contributed by atoms with Gasteiger partial charge in [-0.25, -0.2) is 4.79 Å². The summed E-state index contributed by atoms with van der Waals surface area (Å²) in [6, 6.07) is 5.84. The van der Waals surface area contributed by atoms with Crippen molar-refractivity contribution in [3.8, 4) is 5.75 Å². The van der Waals surface area contributed by atoms with Gasteiger partial charge in [0.15, 0.2) is 6.04 Å². The molecule has 26 heavy (non-hydrogen) atoms. The molecule has 0 bridgehead atoms. The molecule has 1 atom stereocenters. The summed E-state index contributed by atoms with van der Waals surface area (Å²) in [4.78, 5) is 28.8. The van der Waals surface area contributed by atoms with E-state index < -0.39 is 17.7 Å². The molecule has 142 valence electrons. The number of methoxy groups -OCH3 is 1. The predicted molar refractivity (Wildman–Crippen MR) is 95.2 cm³/mol. The molecule has 0 unspecified atom stereocenters. The number of amides is 1. The van der Waals surface area contributed by atoms with Gasteiger partial charge in [-0.1, -0.05) is 13.0 Å². The van der Waals surface area contributed by atoms with Gasteiger partial charge < -0.3 is 19.5 Å². The number of piperidine rings is 1. The quantitative estimate of drug-likeness (QED) is 0.861. The number of carbonyl (C=O) groups is 2. The van der Waals surface area contributed by atoms with Crippen molar-refractivity contribution in [1.29, 1.82) is 0 Å². The lowest BCUT2D eigenvalue weighted by Crippen LogP contribution is -2.58. The molecule has 2 fully saturated rings. The number of carbonyl (C=O) groups excluding carboxylic acids is 1. The summed E-state index contributed by atoms with van der Waals surface area (Å²) in [6.07, 6.45) is 2.30. The van der Waals surface area contributed by atoms with Gasteiger partial charge in [0.2, 0.25) is 0 Å². The third-order valence-corrected chi connectivity index (χ3v) is 5.26. The molecule has 7 heteroatoms. The topological polar surface area (TPSA) is 79.3 Å². The fourth-order valence-electron chi connectivity index (χ4n) is 3.89. The number of carboxylic acid groups (broad SMARTS) is 1. The summed E-state index contributed by atoms with van der Waals surface area (Å²) in [5.74, 6) is -0.790. The normalized spacial score (nSPS) is 22.5. The number of nitrogens with zero attached hydrogens (tertiary/aromatic N) is 2. The number of hydrogen-bond acceptors (Lipinski definition) is 5. The van der Waals surface area contributed by atoms with Crippen LogP contribution in [0, 0.1) is 0 Å². The maximum atomic E-state index is 13.2. The van der Waals surface area contributed by atoms with Crippen LogP contribution in [-0.2, 0) is 9.53 Å². The number of benzene rings is 1. The zero-order chi connectivity index (χ0) is 18.7. The Morgan fingerprint density at radius 2 is 2.08 bits per heavy atom. The SMILES string of the molecule is CCCN1CCC2(CC1)OC[C@@H](C(=O)O)N2C(=O)c1cccc(OC)c1. The number of ether oxygens (including phenoxy) is 2. The van der Waals surface area contributed by atoms with E-state index in [2.05, 4.69) is 11.8 Å². The van der Waals surface area contributed by atoms with E-state index >= 15 is 0 Å². The molecule has 0 radical (unpaired) electrons. The molecule has 1 N–H and O–H groups in total. The third-order valence-electron chi connectivity index (χ3n) is 5.26. The predicted octanol–water partition coefficient (Wildman–Crippen LogP) is 1.82. The Morgan fingerprint density at radius 3 is 2.69 bits per heavy atom. The lowest BCUT2D eigenvalue weighted by atomic mass is 9.96. The van der Waals surface area contributed by atoms with Crippen molar-refractivity contribution in [3.05, 3.63) is 29.8 Å². The first-order chi connectivity index (χ1) is 12.5. The van der Waals surface area contributed by atoms with Crippen molar-refractivity contribution in [1.82, 2.24) is 9.80 Å². The summed E-state index contributed by atoms with van der Waals surface area (Å²) in [6.45, 7) is 4.75.